The zero-order valence-corrected chi connectivity index (χ0v) is 11.0. The van der Waals surface area contributed by atoms with Crippen molar-refractivity contribution in [1.29, 1.82) is 0 Å². The topological polar surface area (TPSA) is 32.3 Å². The number of nitrogens with zero attached hydrogens (tertiary/aromatic N) is 1. The molecule has 16 heavy (non-hydrogen) atoms. The highest BCUT2D eigenvalue weighted by atomic mass is 32.1. The summed E-state index contributed by atoms with van der Waals surface area (Å²) in [5.41, 5.74) is 0. The summed E-state index contributed by atoms with van der Waals surface area (Å²) in [4.78, 5) is 14.9. The van der Waals surface area contributed by atoms with Gasteiger partial charge in [-0.15, -0.1) is 11.3 Å². The van der Waals surface area contributed by atoms with E-state index >= 15 is 0 Å². The summed E-state index contributed by atoms with van der Waals surface area (Å²) in [7, 11) is 1.87. The van der Waals surface area contributed by atoms with Gasteiger partial charge in [-0.05, 0) is 24.9 Å². The molecule has 0 aliphatic heterocycles. The zero-order valence-electron chi connectivity index (χ0n) is 10.2. The smallest absolute Gasteiger partial charge is 0.236 e. The van der Waals surface area contributed by atoms with Gasteiger partial charge in [-0.3, -0.25) is 4.79 Å². The summed E-state index contributed by atoms with van der Waals surface area (Å²) in [6.07, 6.45) is 0.937. The van der Waals surface area contributed by atoms with Crippen LogP contribution in [0.2, 0.25) is 0 Å². The Morgan fingerprint density at radius 3 is 2.94 bits per heavy atom. The molecule has 0 saturated carbocycles. The fraction of sp³-hybridized carbons (Fsp3) is 0.583. The summed E-state index contributed by atoms with van der Waals surface area (Å²) < 4.78 is 0. The highest BCUT2D eigenvalue weighted by molar-refractivity contribution is 7.09. The van der Waals surface area contributed by atoms with Crippen molar-refractivity contribution in [2.24, 2.45) is 0 Å². The number of carbonyl (C=O) groups is 1. The first-order valence-corrected chi connectivity index (χ1v) is 6.51. The molecule has 0 aliphatic rings. The van der Waals surface area contributed by atoms with Crippen molar-refractivity contribution in [2.45, 2.75) is 26.3 Å². The van der Waals surface area contributed by atoms with Crippen LogP contribution < -0.4 is 5.32 Å². The minimum Gasteiger partial charge on any atom is -0.342 e. The molecule has 1 heterocycles. The molecule has 1 aromatic heterocycles. The van der Waals surface area contributed by atoms with Crippen LogP contribution in [-0.4, -0.2) is 37.0 Å². The second kappa shape index (κ2) is 6.66. The predicted molar refractivity (Wildman–Crippen MR) is 68.8 cm³/mol. The van der Waals surface area contributed by atoms with Gasteiger partial charge in [-0.25, -0.2) is 0 Å². The lowest BCUT2D eigenvalue weighted by Crippen LogP contribution is -2.41. The van der Waals surface area contributed by atoms with E-state index in [-0.39, 0.29) is 11.9 Å². The molecule has 1 unspecified atom stereocenters. The van der Waals surface area contributed by atoms with Crippen LogP contribution in [0.1, 0.15) is 18.7 Å². The second-order valence-electron chi connectivity index (χ2n) is 3.92. The quantitative estimate of drug-likeness (QED) is 0.821. The van der Waals surface area contributed by atoms with Gasteiger partial charge < -0.3 is 10.2 Å². The Kier molecular flexibility index (Phi) is 5.49. The first-order valence-electron chi connectivity index (χ1n) is 5.64. The third-order valence-corrected chi connectivity index (χ3v) is 3.56. The number of hydrogen-bond acceptors (Lipinski definition) is 3. The Bertz CT molecular complexity index is 311. The SMILES string of the molecule is CCNCC(=O)N(C)C(C)Cc1cccs1. The summed E-state index contributed by atoms with van der Waals surface area (Å²) in [5, 5.41) is 5.13. The van der Waals surface area contributed by atoms with Crippen LogP contribution in [0.5, 0.6) is 0 Å². The number of nitrogens with one attached hydrogen (secondary N) is 1. The normalized spacial score (nSPS) is 12.4. The van der Waals surface area contributed by atoms with Crippen molar-refractivity contribution in [3.8, 4) is 0 Å². The molecule has 0 aromatic carbocycles. The molecule has 3 nitrogen and oxygen atoms in total. The minimum absolute atomic E-state index is 0.158. The summed E-state index contributed by atoms with van der Waals surface area (Å²) in [5.74, 6) is 0.158. The van der Waals surface area contributed by atoms with E-state index in [0.717, 1.165) is 13.0 Å². The molecule has 0 radical (unpaired) electrons. The van der Waals surface area contributed by atoms with Gasteiger partial charge in [0.2, 0.25) is 5.91 Å². The average Bonchev–Trinajstić information content (AvgIpc) is 2.77. The Morgan fingerprint density at radius 2 is 2.38 bits per heavy atom. The lowest BCUT2D eigenvalue weighted by Gasteiger charge is -2.24. The van der Waals surface area contributed by atoms with E-state index in [1.807, 2.05) is 24.9 Å². The average molecular weight is 240 g/mol. The molecular weight excluding hydrogens is 220 g/mol. The van der Waals surface area contributed by atoms with E-state index < -0.39 is 0 Å². The summed E-state index contributed by atoms with van der Waals surface area (Å²) in [6, 6.07) is 4.42. The predicted octanol–water partition coefficient (Wildman–Crippen LogP) is 1.75. The van der Waals surface area contributed by atoms with Crippen molar-refractivity contribution < 1.29 is 4.79 Å². The largest absolute Gasteiger partial charge is 0.342 e. The Hall–Kier alpha value is -0.870. The first-order chi connectivity index (χ1) is 7.65. The van der Waals surface area contributed by atoms with E-state index in [1.54, 1.807) is 11.3 Å². The van der Waals surface area contributed by atoms with Crippen LogP contribution in [0.15, 0.2) is 17.5 Å². The van der Waals surface area contributed by atoms with Crippen LogP contribution in [0.25, 0.3) is 0 Å². The van der Waals surface area contributed by atoms with E-state index in [2.05, 4.69) is 23.7 Å². The van der Waals surface area contributed by atoms with E-state index in [4.69, 9.17) is 0 Å². The minimum atomic E-state index is 0.158. The van der Waals surface area contributed by atoms with Crippen molar-refractivity contribution in [3.63, 3.8) is 0 Å². The Balaban J connectivity index is 2.40. The number of hydrogen-bond donors (Lipinski definition) is 1. The summed E-state index contributed by atoms with van der Waals surface area (Å²) in [6.45, 7) is 5.35. The monoisotopic (exact) mass is 240 g/mol. The molecule has 1 N–H and O–H groups in total. The highest BCUT2D eigenvalue weighted by Gasteiger charge is 2.15. The van der Waals surface area contributed by atoms with E-state index in [9.17, 15) is 4.79 Å². The molecule has 4 heteroatoms. The molecule has 0 spiro atoms. The van der Waals surface area contributed by atoms with Gasteiger partial charge in [0.05, 0.1) is 6.54 Å². The second-order valence-corrected chi connectivity index (χ2v) is 4.95. The maximum absolute atomic E-state index is 11.7. The van der Waals surface area contributed by atoms with Crippen molar-refractivity contribution >= 4 is 17.2 Å². The Labute approximate surface area is 101 Å². The molecule has 0 bridgehead atoms. The van der Waals surface area contributed by atoms with Crippen molar-refractivity contribution in [3.05, 3.63) is 22.4 Å². The number of thiophene rings is 1. The Morgan fingerprint density at radius 1 is 1.62 bits per heavy atom. The molecular formula is C12H20N2OS. The molecule has 1 aromatic rings. The molecule has 0 aliphatic carbocycles. The number of rotatable bonds is 6. The number of amides is 1. The molecule has 1 atom stereocenters. The van der Waals surface area contributed by atoms with Crippen molar-refractivity contribution in [1.82, 2.24) is 10.2 Å². The van der Waals surface area contributed by atoms with Crippen LogP contribution in [-0.2, 0) is 11.2 Å². The fourth-order valence-corrected chi connectivity index (χ4v) is 2.29. The third kappa shape index (κ3) is 3.94. The lowest BCUT2D eigenvalue weighted by molar-refractivity contribution is -0.130. The van der Waals surface area contributed by atoms with Gasteiger partial charge >= 0.3 is 0 Å². The zero-order chi connectivity index (χ0) is 12.0. The first kappa shape index (κ1) is 13.2. The van der Waals surface area contributed by atoms with Gasteiger partial charge in [0.25, 0.3) is 0 Å². The summed E-state index contributed by atoms with van der Waals surface area (Å²) >= 11 is 1.74. The fourth-order valence-electron chi connectivity index (χ4n) is 1.46. The molecule has 1 rings (SSSR count). The van der Waals surface area contributed by atoms with Crippen LogP contribution in [0, 0.1) is 0 Å². The maximum atomic E-state index is 11.7. The van der Waals surface area contributed by atoms with E-state index in [0.29, 0.717) is 6.54 Å². The molecule has 1 amide bonds. The van der Waals surface area contributed by atoms with Gasteiger partial charge in [0.1, 0.15) is 0 Å². The van der Waals surface area contributed by atoms with Gasteiger partial charge in [-0.1, -0.05) is 13.0 Å². The van der Waals surface area contributed by atoms with Gasteiger partial charge in [0.15, 0.2) is 0 Å². The van der Waals surface area contributed by atoms with Crippen LogP contribution in [0.4, 0.5) is 0 Å². The molecule has 90 valence electrons. The van der Waals surface area contributed by atoms with Crippen molar-refractivity contribution in [2.75, 3.05) is 20.1 Å². The lowest BCUT2D eigenvalue weighted by atomic mass is 10.2. The maximum Gasteiger partial charge on any atom is 0.236 e. The highest BCUT2D eigenvalue weighted by Crippen LogP contribution is 2.13. The van der Waals surface area contributed by atoms with Crippen LogP contribution >= 0.6 is 11.3 Å². The van der Waals surface area contributed by atoms with E-state index in [1.165, 1.54) is 4.88 Å². The molecule has 0 saturated heterocycles. The van der Waals surface area contributed by atoms with Crippen LogP contribution in [0.3, 0.4) is 0 Å². The van der Waals surface area contributed by atoms with Gasteiger partial charge in [-0.2, -0.15) is 0 Å². The standard InChI is InChI=1S/C12H20N2OS/c1-4-13-9-12(15)14(3)10(2)8-11-6-5-7-16-11/h5-7,10,13H,4,8-9H2,1-3H3. The van der Waals surface area contributed by atoms with Gasteiger partial charge in [0, 0.05) is 24.4 Å². The number of carbonyl (C=O) groups excluding carboxylic acids is 1. The molecule has 0 fully saturated rings. The third-order valence-electron chi connectivity index (χ3n) is 2.66. The number of likely N-dealkylation sites (N-methyl/N-ethyl adjacent to an activating group) is 2.